The SMILES string of the molecule is CCc1cc(C(=O)NCCCN2CCCCC2)cs1. The van der Waals surface area contributed by atoms with Crippen molar-refractivity contribution >= 4 is 17.2 Å². The Bertz CT molecular complexity index is 397. The molecule has 2 rings (SSSR count). The summed E-state index contributed by atoms with van der Waals surface area (Å²) in [7, 11) is 0. The zero-order valence-corrected chi connectivity index (χ0v) is 12.6. The van der Waals surface area contributed by atoms with Crippen molar-refractivity contribution in [1.29, 1.82) is 0 Å². The second-order valence-corrected chi connectivity index (χ2v) is 6.16. The second-order valence-electron chi connectivity index (χ2n) is 5.17. The molecular formula is C15H24N2OS. The van der Waals surface area contributed by atoms with Crippen LogP contribution in [0, 0.1) is 0 Å². The van der Waals surface area contributed by atoms with Gasteiger partial charge < -0.3 is 10.2 Å². The van der Waals surface area contributed by atoms with E-state index in [4.69, 9.17) is 0 Å². The standard InChI is InChI=1S/C15H24N2OS/c1-2-14-11-13(12-19-14)15(18)16-7-6-10-17-8-4-3-5-9-17/h11-12H,2-10H2,1H3,(H,16,18). The fourth-order valence-corrected chi connectivity index (χ4v) is 3.29. The van der Waals surface area contributed by atoms with Gasteiger partial charge in [-0.3, -0.25) is 4.79 Å². The average Bonchev–Trinajstić information content (AvgIpc) is 2.93. The molecule has 1 aliphatic heterocycles. The molecule has 4 heteroatoms. The van der Waals surface area contributed by atoms with Crippen LogP contribution in [0.1, 0.15) is 47.8 Å². The molecule has 0 bridgehead atoms. The molecule has 0 radical (unpaired) electrons. The zero-order valence-electron chi connectivity index (χ0n) is 11.8. The van der Waals surface area contributed by atoms with Gasteiger partial charge in [-0.05, 0) is 51.4 Å². The van der Waals surface area contributed by atoms with E-state index < -0.39 is 0 Å². The summed E-state index contributed by atoms with van der Waals surface area (Å²) in [5.74, 6) is 0.0783. The van der Waals surface area contributed by atoms with Crippen LogP contribution >= 0.6 is 11.3 Å². The van der Waals surface area contributed by atoms with Gasteiger partial charge in [-0.15, -0.1) is 11.3 Å². The van der Waals surface area contributed by atoms with Crippen molar-refractivity contribution in [2.45, 2.75) is 39.0 Å². The van der Waals surface area contributed by atoms with Crippen LogP contribution in [0.4, 0.5) is 0 Å². The number of aryl methyl sites for hydroxylation is 1. The van der Waals surface area contributed by atoms with E-state index in [0.717, 1.165) is 31.5 Å². The van der Waals surface area contributed by atoms with Gasteiger partial charge in [0.05, 0.1) is 5.56 Å². The van der Waals surface area contributed by atoms with E-state index in [9.17, 15) is 4.79 Å². The van der Waals surface area contributed by atoms with E-state index in [0.29, 0.717) is 0 Å². The molecule has 0 aromatic carbocycles. The van der Waals surface area contributed by atoms with Gasteiger partial charge in [0, 0.05) is 16.8 Å². The molecule has 19 heavy (non-hydrogen) atoms. The smallest absolute Gasteiger partial charge is 0.252 e. The summed E-state index contributed by atoms with van der Waals surface area (Å²) in [5.41, 5.74) is 0.819. The minimum Gasteiger partial charge on any atom is -0.352 e. The van der Waals surface area contributed by atoms with E-state index >= 15 is 0 Å². The third-order valence-electron chi connectivity index (χ3n) is 3.65. The second kappa shape index (κ2) is 7.65. The number of amides is 1. The van der Waals surface area contributed by atoms with Gasteiger partial charge in [0.1, 0.15) is 0 Å². The highest BCUT2D eigenvalue weighted by atomic mass is 32.1. The Kier molecular flexibility index (Phi) is 5.86. The summed E-state index contributed by atoms with van der Waals surface area (Å²) in [6.45, 7) is 6.49. The molecule has 1 N–H and O–H groups in total. The molecular weight excluding hydrogens is 256 g/mol. The van der Waals surface area contributed by atoms with E-state index in [1.165, 1.54) is 37.2 Å². The summed E-state index contributed by atoms with van der Waals surface area (Å²) in [5, 5.41) is 4.97. The highest BCUT2D eigenvalue weighted by Crippen LogP contribution is 2.15. The van der Waals surface area contributed by atoms with Crippen molar-refractivity contribution in [2.75, 3.05) is 26.2 Å². The Balaban J connectivity index is 1.63. The quantitative estimate of drug-likeness (QED) is 0.813. The molecule has 0 atom stereocenters. The van der Waals surface area contributed by atoms with Crippen LogP contribution in [-0.4, -0.2) is 37.0 Å². The number of nitrogens with one attached hydrogen (secondary N) is 1. The van der Waals surface area contributed by atoms with Crippen molar-refractivity contribution in [3.05, 3.63) is 21.9 Å². The van der Waals surface area contributed by atoms with E-state index in [-0.39, 0.29) is 5.91 Å². The normalized spacial score (nSPS) is 16.5. The van der Waals surface area contributed by atoms with Gasteiger partial charge in [0.2, 0.25) is 0 Å². The maximum absolute atomic E-state index is 11.9. The van der Waals surface area contributed by atoms with Gasteiger partial charge in [0.25, 0.3) is 5.91 Å². The fourth-order valence-electron chi connectivity index (χ4n) is 2.47. The van der Waals surface area contributed by atoms with Crippen LogP contribution in [0.3, 0.4) is 0 Å². The van der Waals surface area contributed by atoms with E-state index in [1.54, 1.807) is 11.3 Å². The lowest BCUT2D eigenvalue weighted by Crippen LogP contribution is -2.33. The molecule has 2 heterocycles. The van der Waals surface area contributed by atoms with Crippen LogP contribution in [0.15, 0.2) is 11.4 Å². The summed E-state index contributed by atoms with van der Waals surface area (Å²) in [6.07, 6.45) is 6.11. The Morgan fingerprint density at radius 3 is 2.84 bits per heavy atom. The molecule has 1 aromatic heterocycles. The maximum atomic E-state index is 11.9. The number of rotatable bonds is 6. The Morgan fingerprint density at radius 2 is 2.16 bits per heavy atom. The number of piperidine rings is 1. The lowest BCUT2D eigenvalue weighted by molar-refractivity contribution is 0.0951. The average molecular weight is 280 g/mol. The first kappa shape index (κ1) is 14.5. The monoisotopic (exact) mass is 280 g/mol. The van der Waals surface area contributed by atoms with Crippen molar-refractivity contribution in [3.63, 3.8) is 0 Å². The van der Waals surface area contributed by atoms with E-state index in [2.05, 4.69) is 17.1 Å². The molecule has 1 aromatic rings. The van der Waals surface area contributed by atoms with Crippen molar-refractivity contribution in [1.82, 2.24) is 10.2 Å². The van der Waals surface area contributed by atoms with Gasteiger partial charge in [0.15, 0.2) is 0 Å². The molecule has 0 unspecified atom stereocenters. The lowest BCUT2D eigenvalue weighted by Gasteiger charge is -2.26. The molecule has 0 saturated carbocycles. The third kappa shape index (κ3) is 4.62. The minimum absolute atomic E-state index is 0.0783. The number of hydrogen-bond donors (Lipinski definition) is 1. The predicted molar refractivity (Wildman–Crippen MR) is 80.9 cm³/mol. The van der Waals surface area contributed by atoms with Crippen molar-refractivity contribution in [2.24, 2.45) is 0 Å². The fraction of sp³-hybridized carbons (Fsp3) is 0.667. The highest BCUT2D eigenvalue weighted by molar-refractivity contribution is 7.10. The molecule has 0 aliphatic carbocycles. The van der Waals surface area contributed by atoms with Gasteiger partial charge in [-0.25, -0.2) is 0 Å². The van der Waals surface area contributed by atoms with Gasteiger partial charge in [-0.1, -0.05) is 13.3 Å². The Labute approximate surface area is 120 Å². The number of likely N-dealkylation sites (tertiary alicyclic amines) is 1. The van der Waals surface area contributed by atoms with E-state index in [1.807, 2.05) is 11.4 Å². The van der Waals surface area contributed by atoms with Gasteiger partial charge >= 0.3 is 0 Å². The summed E-state index contributed by atoms with van der Waals surface area (Å²) in [4.78, 5) is 15.7. The number of nitrogens with zero attached hydrogens (tertiary/aromatic N) is 1. The molecule has 1 amide bonds. The molecule has 3 nitrogen and oxygen atoms in total. The largest absolute Gasteiger partial charge is 0.352 e. The minimum atomic E-state index is 0.0783. The summed E-state index contributed by atoms with van der Waals surface area (Å²) in [6, 6.07) is 2.00. The predicted octanol–water partition coefficient (Wildman–Crippen LogP) is 2.92. The topological polar surface area (TPSA) is 32.3 Å². The first-order chi connectivity index (χ1) is 9.29. The van der Waals surface area contributed by atoms with Crippen molar-refractivity contribution < 1.29 is 4.79 Å². The first-order valence-electron chi connectivity index (χ1n) is 7.37. The molecule has 0 spiro atoms. The molecule has 1 saturated heterocycles. The molecule has 106 valence electrons. The number of carbonyl (C=O) groups excluding carboxylic acids is 1. The number of carbonyl (C=O) groups is 1. The van der Waals surface area contributed by atoms with Crippen LogP contribution in [-0.2, 0) is 6.42 Å². The lowest BCUT2D eigenvalue weighted by atomic mass is 10.1. The highest BCUT2D eigenvalue weighted by Gasteiger charge is 2.10. The van der Waals surface area contributed by atoms with Crippen LogP contribution in [0.2, 0.25) is 0 Å². The summed E-state index contributed by atoms with van der Waals surface area (Å²) < 4.78 is 0. The zero-order chi connectivity index (χ0) is 13.5. The van der Waals surface area contributed by atoms with Crippen molar-refractivity contribution in [3.8, 4) is 0 Å². The molecule has 1 fully saturated rings. The number of hydrogen-bond acceptors (Lipinski definition) is 3. The Hall–Kier alpha value is -0.870. The first-order valence-corrected chi connectivity index (χ1v) is 8.25. The number of thiophene rings is 1. The van der Waals surface area contributed by atoms with Gasteiger partial charge in [-0.2, -0.15) is 0 Å². The summed E-state index contributed by atoms with van der Waals surface area (Å²) >= 11 is 1.67. The maximum Gasteiger partial charge on any atom is 0.252 e. The Morgan fingerprint density at radius 1 is 1.37 bits per heavy atom. The van der Waals surface area contributed by atoms with Crippen LogP contribution in [0.5, 0.6) is 0 Å². The van der Waals surface area contributed by atoms with Crippen LogP contribution in [0.25, 0.3) is 0 Å². The molecule has 1 aliphatic rings. The van der Waals surface area contributed by atoms with Crippen LogP contribution < -0.4 is 5.32 Å². The third-order valence-corrected chi connectivity index (χ3v) is 4.73.